The van der Waals surface area contributed by atoms with Crippen molar-refractivity contribution in [3.8, 4) is 11.5 Å². The van der Waals surface area contributed by atoms with Crippen LogP contribution in [0.4, 0.5) is 8.78 Å². The molecule has 0 fully saturated rings. The lowest BCUT2D eigenvalue weighted by molar-refractivity contribution is 0.0406. The van der Waals surface area contributed by atoms with Gasteiger partial charge < -0.3 is 14.8 Å². The van der Waals surface area contributed by atoms with E-state index in [1.165, 1.54) is 7.11 Å². The number of hydrogen-bond donors (Lipinski definition) is 1. The summed E-state index contributed by atoms with van der Waals surface area (Å²) in [7, 11) is 3.08. The Morgan fingerprint density at radius 2 is 1.85 bits per heavy atom. The number of ether oxygens (including phenoxy) is 2. The minimum absolute atomic E-state index is 0.227. The summed E-state index contributed by atoms with van der Waals surface area (Å²) in [4.78, 5) is 0. The minimum atomic E-state index is -2.44. The molecule has 0 aliphatic rings. The predicted octanol–water partition coefficient (Wildman–Crippen LogP) is 3.27. The fraction of sp³-hybridized carbons (Fsp3) is 0.600. The highest BCUT2D eigenvalue weighted by Gasteiger charge is 2.34. The van der Waals surface area contributed by atoms with Crippen LogP contribution in [-0.4, -0.2) is 32.7 Å². The van der Waals surface area contributed by atoms with E-state index >= 15 is 0 Å². The molecule has 1 unspecified atom stereocenters. The summed E-state index contributed by atoms with van der Waals surface area (Å²) in [6.07, 6.45) is -1.40. The van der Waals surface area contributed by atoms with Gasteiger partial charge in [-0.2, -0.15) is 0 Å². The molecule has 0 saturated heterocycles. The molecule has 0 aliphatic carbocycles. The molecule has 0 aromatic heterocycles. The molecule has 1 N–H and O–H groups in total. The van der Waals surface area contributed by atoms with Crippen LogP contribution in [0.15, 0.2) is 18.2 Å². The van der Waals surface area contributed by atoms with Gasteiger partial charge in [0, 0.05) is 0 Å². The largest absolute Gasteiger partial charge is 0.493 e. The third-order valence-electron chi connectivity index (χ3n) is 3.28. The summed E-state index contributed by atoms with van der Waals surface area (Å²) in [6, 6.07) is 5.27. The zero-order chi connectivity index (χ0) is 15.2. The molecular formula is C15H23F2NO2. The van der Waals surface area contributed by atoms with E-state index in [0.717, 1.165) is 12.0 Å². The highest BCUT2D eigenvalue weighted by molar-refractivity contribution is 5.43. The number of hydrogen-bond acceptors (Lipinski definition) is 3. The van der Waals surface area contributed by atoms with Crippen LogP contribution >= 0.6 is 0 Å². The third kappa shape index (κ3) is 4.07. The Hall–Kier alpha value is -1.36. The molecule has 5 heteroatoms. The van der Waals surface area contributed by atoms with E-state index in [1.807, 2.05) is 6.92 Å². The molecule has 0 heterocycles. The number of methoxy groups -OCH3 is 2. The molecule has 0 bridgehead atoms. The summed E-state index contributed by atoms with van der Waals surface area (Å²) in [6.45, 7) is 4.06. The number of rotatable bonds is 8. The van der Waals surface area contributed by atoms with Crippen molar-refractivity contribution in [1.29, 1.82) is 0 Å². The quantitative estimate of drug-likeness (QED) is 0.796. The molecule has 0 aliphatic heterocycles. The molecule has 0 spiro atoms. The summed E-state index contributed by atoms with van der Waals surface area (Å²) >= 11 is 0. The molecule has 1 rings (SSSR count). The molecular weight excluding hydrogens is 264 g/mol. The van der Waals surface area contributed by atoms with Crippen LogP contribution in [-0.2, 0) is 6.42 Å². The zero-order valence-electron chi connectivity index (χ0n) is 12.5. The Morgan fingerprint density at radius 1 is 1.20 bits per heavy atom. The lowest BCUT2D eigenvalue weighted by Crippen LogP contribution is -2.50. The van der Waals surface area contributed by atoms with Crippen LogP contribution in [0.1, 0.15) is 25.8 Å². The van der Waals surface area contributed by atoms with E-state index in [4.69, 9.17) is 9.47 Å². The molecule has 3 nitrogen and oxygen atoms in total. The van der Waals surface area contributed by atoms with Crippen molar-refractivity contribution in [2.75, 3.05) is 20.8 Å². The average molecular weight is 287 g/mol. The third-order valence-corrected chi connectivity index (χ3v) is 3.28. The van der Waals surface area contributed by atoms with Crippen LogP contribution < -0.4 is 14.8 Å². The van der Waals surface area contributed by atoms with E-state index in [1.54, 1.807) is 32.2 Å². The monoisotopic (exact) mass is 287 g/mol. The summed E-state index contributed by atoms with van der Waals surface area (Å²) < 4.78 is 36.9. The first-order valence-electron chi connectivity index (χ1n) is 6.71. The second kappa shape index (κ2) is 7.43. The lowest BCUT2D eigenvalue weighted by Gasteiger charge is -2.30. The smallest absolute Gasteiger partial charge is 0.256 e. The van der Waals surface area contributed by atoms with Crippen molar-refractivity contribution in [2.45, 2.75) is 38.7 Å². The van der Waals surface area contributed by atoms with Crippen molar-refractivity contribution in [1.82, 2.24) is 5.32 Å². The van der Waals surface area contributed by atoms with Gasteiger partial charge in [-0.15, -0.1) is 0 Å². The van der Waals surface area contributed by atoms with Crippen LogP contribution in [0.2, 0.25) is 0 Å². The average Bonchev–Trinajstić information content (AvgIpc) is 2.44. The van der Waals surface area contributed by atoms with Crippen LogP contribution in [0.3, 0.4) is 0 Å². The SMILES string of the molecule is CCCNC(C)(Cc1ccc(OC)c(OC)c1)C(F)F. The zero-order valence-corrected chi connectivity index (χ0v) is 12.5. The molecule has 0 saturated carbocycles. The Bertz CT molecular complexity index is 426. The van der Waals surface area contributed by atoms with Crippen LogP contribution in [0.5, 0.6) is 11.5 Å². The maximum absolute atomic E-state index is 13.3. The van der Waals surface area contributed by atoms with Gasteiger partial charge >= 0.3 is 0 Å². The van der Waals surface area contributed by atoms with E-state index in [-0.39, 0.29) is 6.42 Å². The minimum Gasteiger partial charge on any atom is -0.493 e. The van der Waals surface area contributed by atoms with E-state index in [2.05, 4.69) is 5.32 Å². The molecule has 20 heavy (non-hydrogen) atoms. The highest BCUT2D eigenvalue weighted by Crippen LogP contribution is 2.30. The number of alkyl halides is 2. The van der Waals surface area contributed by atoms with Crippen molar-refractivity contribution >= 4 is 0 Å². The second-order valence-electron chi connectivity index (χ2n) is 5.01. The number of nitrogens with one attached hydrogen (secondary N) is 1. The van der Waals surface area contributed by atoms with E-state index < -0.39 is 12.0 Å². The van der Waals surface area contributed by atoms with Crippen molar-refractivity contribution in [3.63, 3.8) is 0 Å². The topological polar surface area (TPSA) is 30.5 Å². The van der Waals surface area contributed by atoms with Gasteiger partial charge in [0.05, 0.1) is 19.8 Å². The van der Waals surface area contributed by atoms with Gasteiger partial charge in [0.15, 0.2) is 11.5 Å². The van der Waals surface area contributed by atoms with Crippen molar-refractivity contribution in [2.24, 2.45) is 0 Å². The van der Waals surface area contributed by atoms with Crippen LogP contribution in [0.25, 0.3) is 0 Å². The van der Waals surface area contributed by atoms with Crippen LogP contribution in [0, 0.1) is 0 Å². The Labute approximate surface area is 119 Å². The Morgan fingerprint density at radius 3 is 2.35 bits per heavy atom. The fourth-order valence-electron chi connectivity index (χ4n) is 2.04. The molecule has 1 atom stereocenters. The molecule has 0 amide bonds. The summed E-state index contributed by atoms with van der Waals surface area (Å²) in [5.74, 6) is 1.15. The van der Waals surface area contributed by atoms with Gasteiger partial charge in [0.2, 0.25) is 0 Å². The Kier molecular flexibility index (Phi) is 6.20. The fourth-order valence-corrected chi connectivity index (χ4v) is 2.04. The van der Waals surface area contributed by atoms with E-state index in [9.17, 15) is 8.78 Å². The second-order valence-corrected chi connectivity index (χ2v) is 5.01. The van der Waals surface area contributed by atoms with Gasteiger partial charge in [-0.1, -0.05) is 13.0 Å². The molecule has 0 radical (unpaired) electrons. The molecule has 114 valence electrons. The van der Waals surface area contributed by atoms with Gasteiger partial charge in [-0.05, 0) is 44.0 Å². The maximum atomic E-state index is 13.3. The van der Waals surface area contributed by atoms with Crippen molar-refractivity contribution < 1.29 is 18.3 Å². The first-order valence-corrected chi connectivity index (χ1v) is 6.71. The number of benzene rings is 1. The summed E-state index contributed by atoms with van der Waals surface area (Å²) in [5.41, 5.74) is -0.454. The first-order chi connectivity index (χ1) is 9.46. The van der Waals surface area contributed by atoms with E-state index in [0.29, 0.717) is 18.0 Å². The van der Waals surface area contributed by atoms with Gasteiger partial charge in [-0.3, -0.25) is 0 Å². The highest BCUT2D eigenvalue weighted by atomic mass is 19.3. The van der Waals surface area contributed by atoms with Crippen molar-refractivity contribution in [3.05, 3.63) is 23.8 Å². The lowest BCUT2D eigenvalue weighted by atomic mass is 9.92. The first kappa shape index (κ1) is 16.7. The summed E-state index contributed by atoms with van der Waals surface area (Å²) in [5, 5.41) is 2.94. The van der Waals surface area contributed by atoms with Gasteiger partial charge in [0.1, 0.15) is 0 Å². The normalized spacial score (nSPS) is 14.2. The molecule has 1 aromatic carbocycles. The Balaban J connectivity index is 2.93. The predicted molar refractivity (Wildman–Crippen MR) is 76.0 cm³/mol. The van der Waals surface area contributed by atoms with Gasteiger partial charge in [0.25, 0.3) is 6.43 Å². The maximum Gasteiger partial charge on any atom is 0.256 e. The molecule has 1 aromatic rings. The standard InChI is InChI=1S/C15H23F2NO2/c1-5-8-18-15(2,14(16)17)10-11-6-7-12(19-3)13(9-11)20-4/h6-7,9,14,18H,5,8,10H2,1-4H3. The number of halogens is 2. The van der Waals surface area contributed by atoms with Gasteiger partial charge in [-0.25, -0.2) is 8.78 Å².